The molecular formula is C10H6ClF3N2O. The van der Waals surface area contributed by atoms with Crippen LogP contribution in [0.3, 0.4) is 0 Å². The molecule has 0 aliphatic carbocycles. The summed E-state index contributed by atoms with van der Waals surface area (Å²) in [4.78, 5) is 17.3. The minimum absolute atomic E-state index is 0.0250. The van der Waals surface area contributed by atoms with Crippen LogP contribution in [-0.2, 0) is 6.18 Å². The highest BCUT2D eigenvalue weighted by Crippen LogP contribution is 2.39. The second-order valence-corrected chi connectivity index (χ2v) is 3.88. The lowest BCUT2D eigenvalue weighted by molar-refractivity contribution is -0.136. The summed E-state index contributed by atoms with van der Waals surface area (Å²) in [7, 11) is 0. The van der Waals surface area contributed by atoms with Crippen LogP contribution in [0, 0.1) is 6.92 Å². The Balaban J connectivity index is 3.07. The van der Waals surface area contributed by atoms with Gasteiger partial charge in [0.2, 0.25) is 0 Å². The van der Waals surface area contributed by atoms with Gasteiger partial charge in [-0.15, -0.1) is 0 Å². The monoisotopic (exact) mass is 262 g/mol. The Morgan fingerprint density at radius 2 is 2.06 bits per heavy atom. The molecule has 2 aromatic rings. The first-order valence-corrected chi connectivity index (χ1v) is 4.94. The average Bonchev–Trinajstić information content (AvgIpc) is 2.19. The Labute approximate surface area is 98.2 Å². The Bertz CT molecular complexity index is 648. The van der Waals surface area contributed by atoms with Crippen LogP contribution in [0.2, 0.25) is 5.02 Å². The lowest BCUT2D eigenvalue weighted by Gasteiger charge is -2.13. The van der Waals surface area contributed by atoms with E-state index in [1.165, 1.54) is 13.0 Å². The molecule has 0 unspecified atom stereocenters. The summed E-state index contributed by atoms with van der Waals surface area (Å²) in [5.41, 5.74) is -1.79. The number of hydrogen-bond acceptors (Lipinski definition) is 2. The molecule has 2 rings (SSSR count). The van der Waals surface area contributed by atoms with E-state index in [4.69, 9.17) is 11.6 Å². The number of nitrogens with zero attached hydrogens (tertiary/aromatic N) is 1. The topological polar surface area (TPSA) is 45.8 Å². The highest BCUT2D eigenvalue weighted by atomic mass is 35.5. The molecule has 3 nitrogen and oxygen atoms in total. The van der Waals surface area contributed by atoms with E-state index in [1.54, 1.807) is 0 Å². The van der Waals surface area contributed by atoms with Gasteiger partial charge in [-0.3, -0.25) is 4.79 Å². The number of alkyl halides is 3. The standard InChI is InChI=1S/C10H6ClF3N2O/c1-4-2-5-6(9(17)16-3-15-5)7(8(4)11)10(12,13)14/h2-3H,1H3,(H,15,16,17). The SMILES string of the molecule is Cc1cc2nc[nH]c(=O)c2c(C(F)(F)F)c1Cl. The molecule has 0 saturated heterocycles. The summed E-state index contributed by atoms with van der Waals surface area (Å²) >= 11 is 5.63. The minimum atomic E-state index is -4.70. The van der Waals surface area contributed by atoms with Gasteiger partial charge in [0.05, 0.1) is 27.8 Å². The molecule has 0 fully saturated rings. The maximum atomic E-state index is 12.9. The maximum absolute atomic E-state index is 12.9. The highest BCUT2D eigenvalue weighted by molar-refractivity contribution is 6.33. The first-order chi connectivity index (χ1) is 7.82. The van der Waals surface area contributed by atoms with Crippen LogP contribution in [0.5, 0.6) is 0 Å². The number of aromatic amines is 1. The van der Waals surface area contributed by atoms with Gasteiger partial charge in [-0.2, -0.15) is 13.2 Å². The summed E-state index contributed by atoms with van der Waals surface area (Å²) < 4.78 is 38.6. The van der Waals surface area contributed by atoms with E-state index in [0.29, 0.717) is 0 Å². The zero-order valence-electron chi connectivity index (χ0n) is 8.52. The van der Waals surface area contributed by atoms with Crippen molar-refractivity contribution in [1.29, 1.82) is 0 Å². The van der Waals surface area contributed by atoms with Crippen LogP contribution in [0.1, 0.15) is 11.1 Å². The van der Waals surface area contributed by atoms with Crippen molar-refractivity contribution in [1.82, 2.24) is 9.97 Å². The van der Waals surface area contributed by atoms with E-state index in [0.717, 1.165) is 6.33 Å². The third-order valence-corrected chi connectivity index (χ3v) is 2.82. The molecular weight excluding hydrogens is 257 g/mol. The number of H-pyrrole nitrogens is 1. The quantitative estimate of drug-likeness (QED) is 0.793. The predicted octanol–water partition coefficient (Wildman–Crippen LogP) is 2.90. The van der Waals surface area contributed by atoms with Gasteiger partial charge < -0.3 is 4.98 Å². The van der Waals surface area contributed by atoms with Crippen LogP contribution in [-0.4, -0.2) is 9.97 Å². The molecule has 1 aromatic carbocycles. The number of fused-ring (bicyclic) bond motifs is 1. The summed E-state index contributed by atoms with van der Waals surface area (Å²) in [6, 6.07) is 1.35. The molecule has 0 aliphatic heterocycles. The lowest BCUT2D eigenvalue weighted by atomic mass is 10.1. The molecule has 1 aromatic heterocycles. The number of rotatable bonds is 0. The van der Waals surface area contributed by atoms with Gasteiger partial charge in [-0.25, -0.2) is 4.98 Å². The molecule has 17 heavy (non-hydrogen) atoms. The Morgan fingerprint density at radius 1 is 1.41 bits per heavy atom. The van der Waals surface area contributed by atoms with Gasteiger partial charge in [0.25, 0.3) is 5.56 Å². The Kier molecular flexibility index (Phi) is 2.61. The molecule has 0 saturated carbocycles. The molecule has 90 valence electrons. The normalized spacial score (nSPS) is 12.1. The molecule has 1 heterocycles. The van der Waals surface area contributed by atoms with E-state index >= 15 is 0 Å². The molecule has 0 spiro atoms. The van der Waals surface area contributed by atoms with Gasteiger partial charge in [0, 0.05) is 0 Å². The zero-order valence-corrected chi connectivity index (χ0v) is 9.28. The van der Waals surface area contributed by atoms with Crippen LogP contribution in [0.15, 0.2) is 17.2 Å². The van der Waals surface area contributed by atoms with E-state index < -0.39 is 27.7 Å². The van der Waals surface area contributed by atoms with Crippen molar-refractivity contribution in [3.8, 4) is 0 Å². The lowest BCUT2D eigenvalue weighted by Crippen LogP contribution is -2.16. The average molecular weight is 263 g/mol. The Hall–Kier alpha value is -1.56. The van der Waals surface area contributed by atoms with Gasteiger partial charge in [0.15, 0.2) is 0 Å². The predicted molar refractivity (Wildman–Crippen MR) is 57.1 cm³/mol. The second-order valence-electron chi connectivity index (χ2n) is 3.51. The minimum Gasteiger partial charge on any atom is -0.313 e. The van der Waals surface area contributed by atoms with Crippen LogP contribution in [0.4, 0.5) is 13.2 Å². The van der Waals surface area contributed by atoms with Gasteiger partial charge in [-0.05, 0) is 18.6 Å². The third kappa shape index (κ3) is 1.88. The second kappa shape index (κ2) is 3.73. The zero-order chi connectivity index (χ0) is 12.8. The number of hydrogen-bond donors (Lipinski definition) is 1. The van der Waals surface area contributed by atoms with E-state index in [1.807, 2.05) is 0 Å². The molecule has 1 N–H and O–H groups in total. The highest BCUT2D eigenvalue weighted by Gasteiger charge is 2.37. The number of benzene rings is 1. The van der Waals surface area contributed by atoms with Crippen molar-refractivity contribution in [2.24, 2.45) is 0 Å². The van der Waals surface area contributed by atoms with Gasteiger partial charge in [0.1, 0.15) is 0 Å². The first kappa shape index (κ1) is 11.9. The molecule has 0 aliphatic rings. The van der Waals surface area contributed by atoms with Crippen LogP contribution < -0.4 is 5.56 Å². The van der Waals surface area contributed by atoms with E-state index in [-0.39, 0.29) is 11.1 Å². The maximum Gasteiger partial charge on any atom is 0.418 e. The molecule has 0 atom stereocenters. The fourth-order valence-electron chi connectivity index (χ4n) is 1.61. The van der Waals surface area contributed by atoms with Crippen molar-refractivity contribution in [2.75, 3.05) is 0 Å². The summed E-state index contributed by atoms with van der Waals surface area (Å²) in [6.45, 7) is 1.43. The van der Waals surface area contributed by atoms with E-state index in [9.17, 15) is 18.0 Å². The van der Waals surface area contributed by atoms with Crippen molar-refractivity contribution in [2.45, 2.75) is 13.1 Å². The van der Waals surface area contributed by atoms with Crippen molar-refractivity contribution in [3.05, 3.63) is 38.9 Å². The van der Waals surface area contributed by atoms with Crippen molar-refractivity contribution in [3.63, 3.8) is 0 Å². The van der Waals surface area contributed by atoms with Crippen molar-refractivity contribution >= 4 is 22.5 Å². The number of aromatic nitrogens is 2. The van der Waals surface area contributed by atoms with Crippen molar-refractivity contribution < 1.29 is 13.2 Å². The molecule has 0 amide bonds. The van der Waals surface area contributed by atoms with Crippen LogP contribution >= 0.6 is 11.6 Å². The largest absolute Gasteiger partial charge is 0.418 e. The fraction of sp³-hybridized carbons (Fsp3) is 0.200. The molecule has 0 radical (unpaired) electrons. The summed E-state index contributed by atoms with van der Waals surface area (Å²) in [5, 5.41) is -1.00. The third-order valence-electron chi connectivity index (χ3n) is 2.33. The number of halogens is 4. The fourth-order valence-corrected chi connectivity index (χ4v) is 1.86. The Morgan fingerprint density at radius 3 is 2.65 bits per heavy atom. The number of aryl methyl sites for hydroxylation is 1. The summed E-state index contributed by atoms with van der Waals surface area (Å²) in [6.07, 6.45) is -3.64. The molecule has 0 bridgehead atoms. The van der Waals surface area contributed by atoms with Gasteiger partial charge in [-0.1, -0.05) is 11.6 Å². The molecule has 7 heteroatoms. The van der Waals surface area contributed by atoms with Gasteiger partial charge >= 0.3 is 6.18 Å². The number of nitrogens with one attached hydrogen (secondary N) is 1. The summed E-state index contributed by atoms with van der Waals surface area (Å²) in [5.74, 6) is 0. The van der Waals surface area contributed by atoms with Crippen LogP contribution in [0.25, 0.3) is 10.9 Å². The first-order valence-electron chi connectivity index (χ1n) is 4.56. The van der Waals surface area contributed by atoms with E-state index in [2.05, 4.69) is 9.97 Å². The smallest absolute Gasteiger partial charge is 0.313 e.